The number of hydrogen-bond acceptors (Lipinski definition) is 6. The predicted octanol–water partition coefficient (Wildman–Crippen LogP) is 4.00. The summed E-state index contributed by atoms with van der Waals surface area (Å²) in [6.07, 6.45) is 2.88. The summed E-state index contributed by atoms with van der Waals surface area (Å²) >= 11 is 4.56. The Morgan fingerprint density at radius 3 is 2.09 bits per heavy atom. The number of carbonyl (C=O) groups is 5. The van der Waals surface area contributed by atoms with Gasteiger partial charge in [-0.2, -0.15) is 12.6 Å². The van der Waals surface area contributed by atoms with Gasteiger partial charge in [-0.15, -0.1) is 0 Å². The zero-order chi connectivity index (χ0) is 32.6. The highest BCUT2D eigenvalue weighted by Crippen LogP contribution is 2.30. The number of carbonyl (C=O) groups excluding carboxylic acids is 5. The molecule has 0 bridgehead atoms. The highest BCUT2D eigenvalue weighted by Gasteiger charge is 2.39. The second-order valence-corrected chi connectivity index (χ2v) is 12.5. The summed E-state index contributed by atoms with van der Waals surface area (Å²) in [6.45, 7) is 0.628. The van der Waals surface area contributed by atoms with Crippen LogP contribution in [-0.2, 0) is 20.8 Å². The first-order valence-electron chi connectivity index (χ1n) is 15.8. The summed E-state index contributed by atoms with van der Waals surface area (Å²) in [7, 11) is 1.56. The molecular formula is C36H40N4O5S. The summed E-state index contributed by atoms with van der Waals surface area (Å²) in [5.74, 6) is -1.51. The van der Waals surface area contributed by atoms with Crippen LogP contribution in [0.4, 0.5) is 0 Å². The first-order chi connectivity index (χ1) is 22.3. The molecule has 2 heterocycles. The Labute approximate surface area is 275 Å². The molecule has 0 spiro atoms. The molecule has 2 N–H and O–H groups in total. The van der Waals surface area contributed by atoms with E-state index in [1.807, 2.05) is 60.7 Å². The van der Waals surface area contributed by atoms with Crippen molar-refractivity contribution in [1.29, 1.82) is 0 Å². The van der Waals surface area contributed by atoms with Crippen LogP contribution in [-0.4, -0.2) is 76.8 Å². The van der Waals surface area contributed by atoms with Gasteiger partial charge in [0.25, 0.3) is 11.8 Å². The fourth-order valence-electron chi connectivity index (χ4n) is 6.36. The molecule has 9 nitrogen and oxygen atoms in total. The van der Waals surface area contributed by atoms with Crippen LogP contribution in [0, 0.1) is 0 Å². The van der Waals surface area contributed by atoms with Gasteiger partial charge in [0.1, 0.15) is 12.1 Å². The van der Waals surface area contributed by atoms with Crippen molar-refractivity contribution in [2.75, 3.05) is 20.1 Å². The molecule has 240 valence electrons. The van der Waals surface area contributed by atoms with E-state index in [9.17, 15) is 24.0 Å². The monoisotopic (exact) mass is 640 g/mol. The minimum absolute atomic E-state index is 0.000499. The van der Waals surface area contributed by atoms with Crippen LogP contribution in [0.2, 0.25) is 0 Å². The average molecular weight is 641 g/mol. The van der Waals surface area contributed by atoms with Crippen LogP contribution in [0.1, 0.15) is 69.9 Å². The Morgan fingerprint density at radius 1 is 0.848 bits per heavy atom. The zero-order valence-electron chi connectivity index (χ0n) is 25.9. The maximum absolute atomic E-state index is 14.1. The van der Waals surface area contributed by atoms with Crippen molar-refractivity contribution in [3.05, 3.63) is 107 Å². The highest BCUT2D eigenvalue weighted by molar-refractivity contribution is 7.81. The molecule has 3 aromatic rings. The minimum Gasteiger partial charge on any atom is -0.357 e. The van der Waals surface area contributed by atoms with Gasteiger partial charge in [-0.25, -0.2) is 0 Å². The van der Waals surface area contributed by atoms with Crippen LogP contribution in [0.3, 0.4) is 0 Å². The molecule has 0 aromatic heterocycles. The summed E-state index contributed by atoms with van der Waals surface area (Å²) in [4.78, 5) is 68.9. The number of amides is 5. The van der Waals surface area contributed by atoms with Crippen molar-refractivity contribution in [2.24, 2.45) is 0 Å². The van der Waals surface area contributed by atoms with E-state index in [1.165, 1.54) is 4.90 Å². The maximum Gasteiger partial charge on any atom is 0.261 e. The largest absolute Gasteiger partial charge is 0.357 e. The van der Waals surface area contributed by atoms with Gasteiger partial charge in [0.05, 0.1) is 16.4 Å². The zero-order valence-corrected chi connectivity index (χ0v) is 26.8. The molecule has 5 rings (SSSR count). The Bertz CT molecular complexity index is 1530. The van der Waals surface area contributed by atoms with E-state index < -0.39 is 17.3 Å². The Hall–Kier alpha value is -4.44. The quantitative estimate of drug-likeness (QED) is 0.157. The maximum atomic E-state index is 14.1. The molecule has 2 aliphatic heterocycles. The van der Waals surface area contributed by atoms with Crippen molar-refractivity contribution in [2.45, 2.75) is 61.8 Å². The molecular weight excluding hydrogens is 600 g/mol. The van der Waals surface area contributed by atoms with Gasteiger partial charge in [-0.3, -0.25) is 28.9 Å². The van der Waals surface area contributed by atoms with E-state index in [0.717, 1.165) is 11.1 Å². The van der Waals surface area contributed by atoms with Gasteiger partial charge >= 0.3 is 0 Å². The topological polar surface area (TPSA) is 116 Å². The van der Waals surface area contributed by atoms with Gasteiger partial charge in [0.15, 0.2) is 0 Å². The fourth-order valence-corrected chi connectivity index (χ4v) is 6.62. The lowest BCUT2D eigenvalue weighted by atomic mass is 9.90. The predicted molar refractivity (Wildman–Crippen MR) is 178 cm³/mol. The Kier molecular flexibility index (Phi) is 10.9. The molecule has 10 heteroatoms. The Morgan fingerprint density at radius 2 is 1.46 bits per heavy atom. The summed E-state index contributed by atoms with van der Waals surface area (Å²) in [6, 6.07) is 24.7. The molecule has 0 aliphatic carbocycles. The Balaban J connectivity index is 1.24. The van der Waals surface area contributed by atoms with E-state index in [0.29, 0.717) is 56.2 Å². The van der Waals surface area contributed by atoms with Crippen molar-refractivity contribution < 1.29 is 24.0 Å². The first kappa shape index (κ1) is 32.9. The summed E-state index contributed by atoms with van der Waals surface area (Å²) in [5.41, 5.74) is 2.84. The lowest BCUT2D eigenvalue weighted by Crippen LogP contribution is -2.56. The molecule has 0 radical (unpaired) electrons. The molecule has 5 amide bonds. The van der Waals surface area contributed by atoms with Crippen molar-refractivity contribution in [3.63, 3.8) is 0 Å². The van der Waals surface area contributed by atoms with E-state index in [2.05, 4.69) is 23.3 Å². The fraction of sp³-hybridized carbons (Fsp3) is 0.361. The molecule has 4 atom stereocenters. The third-order valence-electron chi connectivity index (χ3n) is 8.89. The van der Waals surface area contributed by atoms with Gasteiger partial charge in [-0.05, 0) is 54.9 Å². The van der Waals surface area contributed by atoms with E-state index >= 15 is 0 Å². The molecule has 0 saturated carbocycles. The van der Waals surface area contributed by atoms with Gasteiger partial charge < -0.3 is 15.5 Å². The number of likely N-dealkylation sites (N-methyl/N-ethyl adjacent to an activating group) is 1. The number of fused-ring (bicyclic) bond motifs is 1. The smallest absolute Gasteiger partial charge is 0.261 e. The van der Waals surface area contributed by atoms with Crippen LogP contribution in [0.25, 0.3) is 0 Å². The molecule has 1 saturated heterocycles. The van der Waals surface area contributed by atoms with Crippen molar-refractivity contribution in [3.8, 4) is 0 Å². The van der Waals surface area contributed by atoms with E-state index in [-0.39, 0.29) is 42.0 Å². The van der Waals surface area contributed by atoms with Crippen LogP contribution < -0.4 is 10.6 Å². The number of likely N-dealkylation sites (tertiary alicyclic amines) is 1. The number of hydrogen-bond donors (Lipinski definition) is 3. The van der Waals surface area contributed by atoms with E-state index in [1.54, 1.807) is 36.2 Å². The number of unbranched alkanes of at least 4 members (excludes halogenated alkanes) is 1. The molecule has 3 unspecified atom stereocenters. The lowest BCUT2D eigenvalue weighted by Gasteiger charge is -2.32. The second kappa shape index (κ2) is 15.2. The number of rotatable bonds is 12. The lowest BCUT2D eigenvalue weighted by molar-refractivity contribution is -0.142. The number of thiol groups is 1. The molecule has 3 aromatic carbocycles. The normalized spacial score (nSPS) is 19.3. The van der Waals surface area contributed by atoms with Gasteiger partial charge in [0, 0.05) is 26.6 Å². The van der Waals surface area contributed by atoms with Gasteiger partial charge in [-0.1, -0.05) is 79.2 Å². The number of benzene rings is 3. The number of nitrogens with one attached hydrogen (secondary N) is 2. The minimum atomic E-state index is -0.837. The summed E-state index contributed by atoms with van der Waals surface area (Å²) in [5, 5.41) is 4.99. The summed E-state index contributed by atoms with van der Waals surface area (Å²) < 4.78 is 0. The van der Waals surface area contributed by atoms with Gasteiger partial charge in [0.2, 0.25) is 17.7 Å². The highest BCUT2D eigenvalue weighted by atomic mass is 32.1. The van der Waals surface area contributed by atoms with Crippen LogP contribution in [0.15, 0.2) is 84.9 Å². The van der Waals surface area contributed by atoms with Crippen molar-refractivity contribution in [1.82, 2.24) is 20.4 Å². The first-order valence-corrected chi connectivity index (χ1v) is 16.3. The molecule has 46 heavy (non-hydrogen) atoms. The van der Waals surface area contributed by atoms with E-state index in [4.69, 9.17) is 0 Å². The third-order valence-corrected chi connectivity index (χ3v) is 9.39. The average Bonchev–Trinajstić information content (AvgIpc) is 3.21. The molecule has 2 aliphatic rings. The number of nitrogens with zero attached hydrogens (tertiary/aromatic N) is 2. The number of imide groups is 1. The SMILES string of the molecule is CNC(=O)C(Cc1ccccc1)N1CC[C@@H](c2ccccc2)CC(NC(=O)C(S)CCCCN2C(=O)c3ccccc3C2=O)C1=O. The third kappa shape index (κ3) is 7.50. The van der Waals surface area contributed by atoms with Crippen LogP contribution in [0.5, 0.6) is 0 Å². The molecule has 1 fully saturated rings. The second-order valence-electron chi connectivity index (χ2n) is 11.9. The standard InChI is InChI=1S/C36H40N4O5S/c1-37-32(41)30(22-24-12-4-2-5-13-24)39-21-19-26(25-14-6-3-7-15-25)23-29(36(39)45)38-33(42)31(46)18-10-11-20-40-34(43)27-16-8-9-17-28(27)35(40)44/h2-9,12-17,26,29-31,46H,10-11,18-23H2,1H3,(H,37,41)(H,38,42)/t26-,29?,30?,31?/m1/s1. The van der Waals surface area contributed by atoms with Crippen molar-refractivity contribution >= 4 is 42.2 Å². The van der Waals surface area contributed by atoms with Crippen LogP contribution >= 0.6 is 12.6 Å².